The average Bonchev–Trinajstić information content (AvgIpc) is 1.80. The third kappa shape index (κ3) is 7.02. The van der Waals surface area contributed by atoms with Crippen LogP contribution in [0.15, 0.2) is 0 Å². The Bertz CT molecular complexity index is 124. The molecule has 2 amide bonds. The minimum atomic E-state index is 0. The molecule has 0 atom stereocenters. The molecule has 0 saturated heterocycles. The van der Waals surface area contributed by atoms with Gasteiger partial charge in [0.1, 0.15) is 0 Å². The summed E-state index contributed by atoms with van der Waals surface area (Å²) in [5.74, 6) is 0. The molecule has 0 rings (SSSR count). The van der Waals surface area contributed by atoms with E-state index in [1.54, 1.807) is 0 Å². The fraction of sp³-hybridized carbons (Fsp3) is 0.833. The van der Waals surface area contributed by atoms with Crippen LogP contribution in [0.25, 0.3) is 0 Å². The zero-order valence-electron chi connectivity index (χ0n) is 7.03. The predicted octanol–water partition coefficient (Wildman–Crippen LogP) is -2.20. The highest BCUT2D eigenvalue weighted by Crippen LogP contribution is 1.90. The van der Waals surface area contributed by atoms with E-state index >= 15 is 0 Å². The number of carbonyl (C=O) groups excluding carboxylic acids is 1. The van der Waals surface area contributed by atoms with Gasteiger partial charge in [0.15, 0.2) is 0 Å². The first-order chi connectivity index (χ1) is 4.48. The minimum absolute atomic E-state index is 0. The minimum Gasteiger partial charge on any atom is -1.00 e. The highest BCUT2D eigenvalue weighted by molar-refractivity contribution is 9.09. The van der Waals surface area contributed by atoms with Gasteiger partial charge in [-0.05, 0) is 0 Å². The van der Waals surface area contributed by atoms with E-state index in [2.05, 4.69) is 21.2 Å². The van der Waals surface area contributed by atoms with Gasteiger partial charge in [0, 0.05) is 11.9 Å². The molecule has 0 heterocycles. The van der Waals surface area contributed by atoms with Crippen LogP contribution < -0.4 is 29.3 Å². The zero-order chi connectivity index (χ0) is 8.20. The topological polar surface area (TPSA) is 29.1 Å². The molecule has 0 saturated carbocycles. The van der Waals surface area contributed by atoms with Crippen LogP contribution >= 0.6 is 15.9 Å². The average molecular weight is 337 g/mol. The van der Waals surface area contributed by atoms with E-state index in [-0.39, 0.29) is 30.0 Å². The fourth-order valence-corrected chi connectivity index (χ4v) is 0.590. The van der Waals surface area contributed by atoms with Crippen LogP contribution in [0.5, 0.6) is 0 Å². The Morgan fingerprint density at radius 2 is 1.91 bits per heavy atom. The second-order valence-corrected chi connectivity index (χ2v) is 3.73. The summed E-state index contributed by atoms with van der Waals surface area (Å²) in [6.45, 7) is 0.689. The van der Waals surface area contributed by atoms with E-state index < -0.39 is 0 Å². The summed E-state index contributed by atoms with van der Waals surface area (Å²) in [6, 6.07) is 0.0412. The Hall–Kier alpha value is 0.640. The molecule has 5 heteroatoms. The van der Waals surface area contributed by atoms with Gasteiger partial charge in [0.05, 0.1) is 21.1 Å². The van der Waals surface area contributed by atoms with Crippen LogP contribution in [0.1, 0.15) is 0 Å². The van der Waals surface area contributed by atoms with Gasteiger partial charge in [-0.2, -0.15) is 0 Å². The molecule has 11 heavy (non-hydrogen) atoms. The summed E-state index contributed by atoms with van der Waals surface area (Å²) in [5, 5.41) is 3.56. The molecule has 0 bridgehead atoms. The summed E-state index contributed by atoms with van der Waals surface area (Å²) in [4.78, 5) is 11.1. The summed E-state index contributed by atoms with van der Waals surface area (Å²) in [7, 11) is 5.51. The molecule has 0 fully saturated rings. The lowest BCUT2D eigenvalue weighted by Gasteiger charge is -2.20. The van der Waals surface area contributed by atoms with Crippen LogP contribution in [0.4, 0.5) is 4.79 Å². The van der Waals surface area contributed by atoms with Crippen molar-refractivity contribution in [1.82, 2.24) is 5.32 Å². The second-order valence-electron chi connectivity index (χ2n) is 2.93. The Kier molecular flexibility index (Phi) is 7.98. The number of alkyl halides is 1. The molecular formula is C6H14BrIN2O. The number of quaternary nitrogens is 1. The van der Waals surface area contributed by atoms with Gasteiger partial charge in [0.2, 0.25) is 0 Å². The van der Waals surface area contributed by atoms with Crippen molar-refractivity contribution in [1.29, 1.82) is 0 Å². The first-order valence-electron chi connectivity index (χ1n) is 3.14. The number of amides is 2. The number of rotatable bonds is 2. The van der Waals surface area contributed by atoms with Crippen LogP contribution in [0.2, 0.25) is 0 Å². The lowest BCUT2D eigenvalue weighted by Crippen LogP contribution is -3.00. The summed E-state index contributed by atoms with van der Waals surface area (Å²) >= 11 is 3.22. The van der Waals surface area contributed by atoms with Gasteiger partial charge in [-0.1, -0.05) is 15.9 Å². The number of nitrogens with one attached hydrogen (secondary N) is 1. The van der Waals surface area contributed by atoms with Crippen molar-refractivity contribution in [2.45, 2.75) is 0 Å². The van der Waals surface area contributed by atoms with Gasteiger partial charge < -0.3 is 29.3 Å². The Balaban J connectivity index is 0. The van der Waals surface area contributed by atoms with E-state index in [4.69, 9.17) is 0 Å². The number of hydrogen-bond donors (Lipinski definition) is 1. The molecule has 3 nitrogen and oxygen atoms in total. The molecule has 0 aliphatic heterocycles. The van der Waals surface area contributed by atoms with E-state index in [9.17, 15) is 4.79 Å². The molecule has 0 radical (unpaired) electrons. The van der Waals surface area contributed by atoms with Crippen molar-refractivity contribution < 1.29 is 33.3 Å². The Morgan fingerprint density at radius 1 is 1.45 bits per heavy atom. The van der Waals surface area contributed by atoms with Crippen molar-refractivity contribution in [3.63, 3.8) is 0 Å². The molecule has 0 aliphatic carbocycles. The van der Waals surface area contributed by atoms with Crippen molar-refractivity contribution in [3.8, 4) is 0 Å². The highest BCUT2D eigenvalue weighted by atomic mass is 127. The highest BCUT2D eigenvalue weighted by Gasteiger charge is 2.18. The van der Waals surface area contributed by atoms with Gasteiger partial charge in [-0.3, -0.25) is 0 Å². The zero-order valence-corrected chi connectivity index (χ0v) is 10.8. The largest absolute Gasteiger partial charge is 1.00 e. The molecule has 0 unspecified atom stereocenters. The van der Waals surface area contributed by atoms with Crippen LogP contribution in [-0.4, -0.2) is 43.5 Å². The molecule has 0 spiro atoms. The van der Waals surface area contributed by atoms with Crippen LogP contribution in [0.3, 0.4) is 0 Å². The predicted molar refractivity (Wildman–Crippen MR) is 45.2 cm³/mol. The molecule has 0 aliphatic rings. The standard InChI is InChI=1S/C6H13BrN2O.HI/c1-9(2,3)6(10)8-5-4-7;/h4-5H2,1-3H3;1H. The van der Waals surface area contributed by atoms with E-state index in [0.29, 0.717) is 11.0 Å². The first kappa shape index (κ1) is 14.2. The van der Waals surface area contributed by atoms with Crippen LogP contribution in [0, 0.1) is 0 Å². The molecule has 0 aromatic rings. The normalized spacial score (nSPS) is 10.2. The van der Waals surface area contributed by atoms with E-state index in [0.717, 1.165) is 5.33 Å². The SMILES string of the molecule is C[N+](C)(C)C(=O)NCCBr.[I-]. The molecule has 1 N–H and O–H groups in total. The van der Waals surface area contributed by atoms with Gasteiger partial charge in [-0.15, -0.1) is 0 Å². The van der Waals surface area contributed by atoms with Crippen molar-refractivity contribution >= 4 is 22.0 Å². The number of halogens is 2. The maximum Gasteiger partial charge on any atom is 0.415 e. The Morgan fingerprint density at radius 3 is 2.18 bits per heavy atom. The van der Waals surface area contributed by atoms with E-state index in [1.165, 1.54) is 0 Å². The maximum absolute atomic E-state index is 11.1. The number of urea groups is 1. The molecule has 68 valence electrons. The summed E-state index contributed by atoms with van der Waals surface area (Å²) in [6.07, 6.45) is 0. The van der Waals surface area contributed by atoms with Crippen molar-refractivity contribution in [3.05, 3.63) is 0 Å². The third-order valence-electron chi connectivity index (χ3n) is 0.980. The summed E-state index contributed by atoms with van der Waals surface area (Å²) in [5.41, 5.74) is 0. The van der Waals surface area contributed by atoms with Crippen molar-refractivity contribution in [2.75, 3.05) is 33.0 Å². The molecule has 0 aromatic heterocycles. The lowest BCUT2D eigenvalue weighted by atomic mass is 10.6. The smallest absolute Gasteiger partial charge is 0.415 e. The monoisotopic (exact) mass is 336 g/mol. The van der Waals surface area contributed by atoms with Crippen molar-refractivity contribution in [2.24, 2.45) is 0 Å². The number of carbonyl (C=O) groups is 1. The lowest BCUT2D eigenvalue weighted by molar-refractivity contribution is -0.787. The van der Waals surface area contributed by atoms with Gasteiger partial charge in [0.25, 0.3) is 0 Å². The number of hydrogen-bond acceptors (Lipinski definition) is 1. The quantitative estimate of drug-likeness (QED) is 0.346. The fourth-order valence-electron chi connectivity index (χ4n) is 0.391. The maximum atomic E-state index is 11.1. The summed E-state index contributed by atoms with van der Waals surface area (Å²) < 4.78 is 0.326. The second kappa shape index (κ2) is 6.19. The first-order valence-corrected chi connectivity index (χ1v) is 4.26. The molecular weight excluding hydrogens is 323 g/mol. The third-order valence-corrected chi connectivity index (χ3v) is 1.38. The number of nitrogens with zero attached hydrogens (tertiary/aromatic N) is 1. The van der Waals surface area contributed by atoms with E-state index in [1.807, 2.05) is 21.1 Å². The van der Waals surface area contributed by atoms with Gasteiger partial charge >= 0.3 is 6.03 Å². The van der Waals surface area contributed by atoms with Gasteiger partial charge in [-0.25, -0.2) is 9.28 Å². The van der Waals surface area contributed by atoms with Crippen LogP contribution in [-0.2, 0) is 0 Å². The molecule has 0 aromatic carbocycles. The Labute approximate surface area is 93.3 Å².